The molecule has 2 aromatic heterocycles. The largest absolute Gasteiger partial charge is 0.444 e. The standard InChI is InChI=1S/C22H27FN3O6P/c1-5-13-14(6-2)22(33(29,30)31)32-20(13)21-24-17-18(25(21)10-11(3)4)15(12-7-8-12)9-16(23)19(17)26(27)28/h9,11-12H,5-8,10H2,1-4H3,(H2,29,30,31). The van der Waals surface area contributed by atoms with Gasteiger partial charge in [0, 0.05) is 17.7 Å². The highest BCUT2D eigenvalue weighted by Gasteiger charge is 2.37. The molecule has 0 aliphatic heterocycles. The molecule has 1 saturated carbocycles. The molecule has 0 spiro atoms. The normalized spacial score (nSPS) is 14.5. The van der Waals surface area contributed by atoms with Crippen LogP contribution in [-0.2, 0) is 24.0 Å². The zero-order chi connectivity index (χ0) is 24.2. The first-order valence-electron chi connectivity index (χ1n) is 11.1. The van der Waals surface area contributed by atoms with Gasteiger partial charge in [-0.05, 0) is 49.1 Å². The van der Waals surface area contributed by atoms with E-state index in [1.807, 2.05) is 20.8 Å². The number of hydrogen-bond donors (Lipinski definition) is 2. The second-order valence-corrected chi connectivity index (χ2v) is 10.4. The highest BCUT2D eigenvalue weighted by Crippen LogP contribution is 2.47. The SMILES string of the molecule is CCc1c(-c2nc3c([N+](=O)[O-])c(F)cc(C4CC4)c3n2CC(C)C)oc(P(=O)(O)O)c1CC. The monoisotopic (exact) mass is 479 g/mol. The Bertz CT molecular complexity index is 1300. The number of nitro benzene ring substituents is 1. The van der Waals surface area contributed by atoms with Crippen LogP contribution >= 0.6 is 7.60 Å². The number of furan rings is 1. The average Bonchev–Trinajstić information content (AvgIpc) is 3.39. The minimum atomic E-state index is -4.71. The summed E-state index contributed by atoms with van der Waals surface area (Å²) in [5, 5.41) is 11.8. The van der Waals surface area contributed by atoms with Gasteiger partial charge in [-0.2, -0.15) is 4.39 Å². The summed E-state index contributed by atoms with van der Waals surface area (Å²) in [6, 6.07) is 1.24. The summed E-state index contributed by atoms with van der Waals surface area (Å²) in [4.78, 5) is 35.2. The molecule has 0 radical (unpaired) electrons. The zero-order valence-corrected chi connectivity index (χ0v) is 19.9. The van der Waals surface area contributed by atoms with E-state index in [1.165, 1.54) is 6.07 Å². The maximum absolute atomic E-state index is 14.8. The minimum absolute atomic E-state index is 0.0632. The van der Waals surface area contributed by atoms with Gasteiger partial charge >= 0.3 is 13.3 Å². The summed E-state index contributed by atoms with van der Waals surface area (Å²) in [6.07, 6.45) is 2.47. The van der Waals surface area contributed by atoms with Gasteiger partial charge in [0.2, 0.25) is 11.3 Å². The van der Waals surface area contributed by atoms with E-state index in [1.54, 1.807) is 11.5 Å². The molecule has 3 aromatic rings. The van der Waals surface area contributed by atoms with Gasteiger partial charge in [0.05, 0.1) is 10.4 Å². The summed E-state index contributed by atoms with van der Waals surface area (Å²) in [5.74, 6) is -0.335. The summed E-state index contributed by atoms with van der Waals surface area (Å²) in [7, 11) is -4.71. The third-order valence-electron chi connectivity index (χ3n) is 5.99. The summed E-state index contributed by atoms with van der Waals surface area (Å²) in [5.41, 5.74) is 0.981. The molecule has 0 atom stereocenters. The maximum atomic E-state index is 14.8. The fourth-order valence-corrected chi connectivity index (χ4v) is 5.39. The first kappa shape index (κ1) is 23.6. The van der Waals surface area contributed by atoms with Crippen LogP contribution in [0.5, 0.6) is 0 Å². The van der Waals surface area contributed by atoms with Crippen molar-refractivity contribution < 1.29 is 28.1 Å². The lowest BCUT2D eigenvalue weighted by Gasteiger charge is -2.14. The van der Waals surface area contributed by atoms with Gasteiger partial charge in [-0.15, -0.1) is 0 Å². The van der Waals surface area contributed by atoms with Crippen molar-refractivity contribution in [2.75, 3.05) is 0 Å². The smallest absolute Gasteiger partial charge is 0.391 e. The lowest BCUT2D eigenvalue weighted by molar-refractivity contribution is -0.385. The van der Waals surface area contributed by atoms with E-state index in [4.69, 9.17) is 4.42 Å². The Labute approximate surface area is 189 Å². The third kappa shape index (κ3) is 4.00. The molecule has 1 aromatic carbocycles. The third-order valence-corrected chi connectivity index (χ3v) is 6.88. The van der Waals surface area contributed by atoms with Crippen molar-refractivity contribution >= 4 is 29.8 Å². The molecule has 0 saturated heterocycles. The predicted molar refractivity (Wildman–Crippen MR) is 121 cm³/mol. The van der Waals surface area contributed by atoms with E-state index in [2.05, 4.69) is 4.98 Å². The topological polar surface area (TPSA) is 132 Å². The Morgan fingerprint density at radius 2 is 1.94 bits per heavy atom. The Balaban J connectivity index is 2.14. The Morgan fingerprint density at radius 1 is 1.30 bits per heavy atom. The predicted octanol–water partition coefficient (Wildman–Crippen LogP) is 4.80. The highest BCUT2D eigenvalue weighted by molar-refractivity contribution is 7.59. The van der Waals surface area contributed by atoms with Crippen molar-refractivity contribution in [3.05, 3.63) is 38.7 Å². The number of rotatable bonds is 8. The van der Waals surface area contributed by atoms with Gasteiger partial charge in [-0.3, -0.25) is 14.7 Å². The summed E-state index contributed by atoms with van der Waals surface area (Å²) >= 11 is 0. The van der Waals surface area contributed by atoms with Gasteiger partial charge in [0.15, 0.2) is 17.1 Å². The molecule has 1 aliphatic rings. The first-order chi connectivity index (χ1) is 15.5. The van der Waals surface area contributed by atoms with Crippen LogP contribution in [0.25, 0.3) is 22.6 Å². The Hall–Kier alpha value is -2.55. The quantitative estimate of drug-likeness (QED) is 0.269. The van der Waals surface area contributed by atoms with Gasteiger partial charge in [-0.1, -0.05) is 27.7 Å². The molecule has 9 nitrogen and oxygen atoms in total. The number of nitro groups is 1. The van der Waals surface area contributed by atoms with Gasteiger partial charge in [0.1, 0.15) is 0 Å². The summed E-state index contributed by atoms with van der Waals surface area (Å²) < 4.78 is 34.5. The van der Waals surface area contributed by atoms with Gasteiger partial charge in [-0.25, -0.2) is 4.98 Å². The summed E-state index contributed by atoms with van der Waals surface area (Å²) in [6.45, 7) is 7.99. The van der Waals surface area contributed by atoms with Gasteiger partial charge in [0.25, 0.3) is 0 Å². The first-order valence-corrected chi connectivity index (χ1v) is 12.7. The van der Waals surface area contributed by atoms with E-state index in [-0.39, 0.29) is 28.9 Å². The number of hydrogen-bond acceptors (Lipinski definition) is 5. The van der Waals surface area contributed by atoms with Crippen molar-refractivity contribution in [3.8, 4) is 11.6 Å². The number of aromatic nitrogens is 2. The van der Waals surface area contributed by atoms with Crippen molar-refractivity contribution in [2.24, 2.45) is 5.92 Å². The molecule has 33 heavy (non-hydrogen) atoms. The van der Waals surface area contributed by atoms with E-state index in [0.29, 0.717) is 41.6 Å². The fourth-order valence-electron chi connectivity index (χ4n) is 4.53. The molecule has 2 heterocycles. The van der Waals surface area contributed by atoms with Crippen LogP contribution < -0.4 is 5.50 Å². The van der Waals surface area contributed by atoms with Crippen molar-refractivity contribution in [1.82, 2.24) is 9.55 Å². The molecule has 2 N–H and O–H groups in total. The maximum Gasteiger partial charge on any atom is 0.391 e. The van der Waals surface area contributed by atoms with Crippen LogP contribution in [0.15, 0.2) is 10.5 Å². The van der Waals surface area contributed by atoms with Crippen molar-refractivity contribution in [3.63, 3.8) is 0 Å². The van der Waals surface area contributed by atoms with Crippen LogP contribution in [0, 0.1) is 21.8 Å². The number of halogens is 1. The lowest BCUT2D eigenvalue weighted by atomic mass is 10.1. The molecule has 0 amide bonds. The number of nitrogens with zero attached hydrogens (tertiary/aromatic N) is 3. The average molecular weight is 479 g/mol. The second-order valence-electron chi connectivity index (χ2n) is 8.91. The van der Waals surface area contributed by atoms with Crippen LogP contribution in [-0.4, -0.2) is 24.3 Å². The van der Waals surface area contributed by atoms with E-state index < -0.39 is 29.5 Å². The van der Waals surface area contributed by atoms with Crippen LogP contribution in [0.3, 0.4) is 0 Å². The zero-order valence-electron chi connectivity index (χ0n) is 19.0. The van der Waals surface area contributed by atoms with Crippen molar-refractivity contribution in [2.45, 2.75) is 65.8 Å². The Morgan fingerprint density at radius 3 is 2.42 bits per heavy atom. The van der Waals surface area contributed by atoms with Crippen LogP contribution in [0.4, 0.5) is 10.1 Å². The lowest BCUT2D eigenvalue weighted by Crippen LogP contribution is -2.08. The van der Waals surface area contributed by atoms with E-state index >= 15 is 0 Å². The molecule has 1 aliphatic carbocycles. The van der Waals surface area contributed by atoms with Crippen LogP contribution in [0.1, 0.15) is 63.1 Å². The second kappa shape index (κ2) is 8.34. The molecule has 4 rings (SSSR count). The number of benzene rings is 1. The molecule has 1 fully saturated rings. The van der Waals surface area contributed by atoms with Crippen molar-refractivity contribution in [1.29, 1.82) is 0 Å². The van der Waals surface area contributed by atoms with E-state index in [0.717, 1.165) is 12.8 Å². The molecule has 11 heteroatoms. The molecule has 0 unspecified atom stereocenters. The fraction of sp³-hybridized carbons (Fsp3) is 0.500. The van der Waals surface area contributed by atoms with Gasteiger partial charge < -0.3 is 18.8 Å². The molecular weight excluding hydrogens is 452 g/mol. The number of imidazole rings is 1. The highest BCUT2D eigenvalue weighted by atomic mass is 31.2. The molecule has 178 valence electrons. The molecular formula is C22H27FN3O6P. The van der Waals surface area contributed by atoms with Crippen LogP contribution in [0.2, 0.25) is 0 Å². The number of fused-ring (bicyclic) bond motifs is 1. The minimum Gasteiger partial charge on any atom is -0.444 e. The molecule has 0 bridgehead atoms. The van der Waals surface area contributed by atoms with E-state index in [9.17, 15) is 28.9 Å². The Kier molecular flexibility index (Phi) is 5.97.